The van der Waals surface area contributed by atoms with Gasteiger partial charge in [-0.3, -0.25) is 5.01 Å². The molecule has 23 heavy (non-hydrogen) atoms. The van der Waals surface area contributed by atoms with E-state index in [-0.39, 0.29) is 0 Å². The Bertz CT molecular complexity index is 917. The molecule has 0 aromatic heterocycles. The third kappa shape index (κ3) is 1.93. The van der Waals surface area contributed by atoms with Crippen molar-refractivity contribution in [1.29, 1.82) is 0 Å². The summed E-state index contributed by atoms with van der Waals surface area (Å²) in [6.45, 7) is 1.58. The molecule has 0 spiro atoms. The van der Waals surface area contributed by atoms with Gasteiger partial charge in [-0.05, 0) is 23.6 Å². The smallest absolute Gasteiger partial charge is 0.136 e. The Morgan fingerprint density at radius 3 is 2.65 bits per heavy atom. The molecule has 0 unspecified atom stereocenters. The van der Waals surface area contributed by atoms with E-state index in [1.165, 1.54) is 10.8 Å². The van der Waals surface area contributed by atoms with Crippen LogP contribution in [0.3, 0.4) is 0 Å². The van der Waals surface area contributed by atoms with Crippen molar-refractivity contribution in [1.82, 2.24) is 0 Å². The Morgan fingerprint density at radius 2 is 1.74 bits per heavy atom. The SMILES string of the molecule is c1ccc(N2C[C@H]3COc4c(ccc5ccccc45)C3=N2)cc1. The molecule has 112 valence electrons. The van der Waals surface area contributed by atoms with Crippen molar-refractivity contribution in [3.8, 4) is 5.75 Å². The molecule has 0 aliphatic carbocycles. The van der Waals surface area contributed by atoms with Crippen LogP contribution in [0.4, 0.5) is 5.69 Å². The number of anilines is 1. The average molecular weight is 300 g/mol. The second-order valence-electron chi connectivity index (χ2n) is 6.07. The standard InChI is InChI=1S/C20H16N2O/c1-2-7-16(8-3-1)22-12-15-13-23-20-17-9-5-4-6-14(17)10-11-18(20)19(15)21-22/h1-11,15H,12-13H2/t15-/m0/s1. The second-order valence-corrected chi connectivity index (χ2v) is 6.07. The lowest BCUT2D eigenvalue weighted by molar-refractivity contribution is 0.283. The lowest BCUT2D eigenvalue weighted by atomic mass is 9.92. The number of hydrogen-bond acceptors (Lipinski definition) is 3. The van der Waals surface area contributed by atoms with Gasteiger partial charge in [-0.2, -0.15) is 5.10 Å². The predicted molar refractivity (Wildman–Crippen MR) is 93.3 cm³/mol. The van der Waals surface area contributed by atoms with Crippen molar-refractivity contribution in [2.24, 2.45) is 11.0 Å². The Labute approximate surface area is 134 Å². The number of fused-ring (bicyclic) bond motifs is 5. The Morgan fingerprint density at radius 1 is 0.913 bits per heavy atom. The van der Waals surface area contributed by atoms with E-state index in [9.17, 15) is 0 Å². The number of nitrogens with zero attached hydrogens (tertiary/aromatic N) is 2. The van der Waals surface area contributed by atoms with Gasteiger partial charge in [0.1, 0.15) is 5.75 Å². The van der Waals surface area contributed by atoms with Crippen LogP contribution in [0, 0.1) is 5.92 Å². The molecule has 2 aliphatic rings. The minimum Gasteiger partial charge on any atom is -0.491 e. The summed E-state index contributed by atoms with van der Waals surface area (Å²) in [5.41, 5.74) is 3.43. The summed E-state index contributed by atoms with van der Waals surface area (Å²) in [7, 11) is 0. The van der Waals surface area contributed by atoms with Gasteiger partial charge in [0.25, 0.3) is 0 Å². The number of rotatable bonds is 1. The zero-order valence-electron chi connectivity index (χ0n) is 12.6. The highest BCUT2D eigenvalue weighted by Gasteiger charge is 2.34. The zero-order chi connectivity index (χ0) is 15.2. The molecular formula is C20H16N2O. The largest absolute Gasteiger partial charge is 0.491 e. The molecule has 0 radical (unpaired) electrons. The van der Waals surface area contributed by atoms with E-state index in [2.05, 4.69) is 65.7 Å². The van der Waals surface area contributed by atoms with E-state index >= 15 is 0 Å². The molecule has 3 heteroatoms. The Balaban J connectivity index is 1.64. The van der Waals surface area contributed by atoms with Crippen LogP contribution in [-0.2, 0) is 0 Å². The van der Waals surface area contributed by atoms with Gasteiger partial charge in [-0.25, -0.2) is 0 Å². The third-order valence-corrected chi connectivity index (χ3v) is 4.65. The molecule has 3 aromatic carbocycles. The van der Waals surface area contributed by atoms with Gasteiger partial charge in [0.15, 0.2) is 0 Å². The van der Waals surface area contributed by atoms with E-state index in [1.807, 2.05) is 6.07 Å². The third-order valence-electron chi connectivity index (χ3n) is 4.65. The summed E-state index contributed by atoms with van der Waals surface area (Å²) >= 11 is 0. The van der Waals surface area contributed by atoms with Gasteiger partial charge in [0.2, 0.25) is 0 Å². The molecule has 1 atom stereocenters. The molecule has 0 bridgehead atoms. The minimum atomic E-state index is 0.337. The number of hydrogen-bond donors (Lipinski definition) is 0. The maximum absolute atomic E-state index is 6.13. The maximum atomic E-state index is 6.13. The van der Waals surface area contributed by atoms with Crippen molar-refractivity contribution in [3.63, 3.8) is 0 Å². The Hall–Kier alpha value is -2.81. The van der Waals surface area contributed by atoms with Crippen LogP contribution in [0.1, 0.15) is 5.56 Å². The fourth-order valence-electron chi connectivity index (χ4n) is 3.50. The second kappa shape index (κ2) is 4.85. The lowest BCUT2D eigenvalue weighted by Gasteiger charge is -2.24. The number of hydrazone groups is 1. The van der Waals surface area contributed by atoms with E-state index in [1.54, 1.807) is 0 Å². The van der Waals surface area contributed by atoms with Gasteiger partial charge in [-0.15, -0.1) is 0 Å². The minimum absolute atomic E-state index is 0.337. The molecule has 3 aromatic rings. The maximum Gasteiger partial charge on any atom is 0.136 e. The number of ether oxygens (including phenoxy) is 1. The van der Waals surface area contributed by atoms with Crippen LogP contribution in [-0.4, -0.2) is 18.9 Å². The van der Waals surface area contributed by atoms with Crippen molar-refractivity contribution in [2.75, 3.05) is 18.2 Å². The van der Waals surface area contributed by atoms with E-state index < -0.39 is 0 Å². The molecule has 2 aliphatic heterocycles. The zero-order valence-corrected chi connectivity index (χ0v) is 12.6. The Kier molecular flexibility index (Phi) is 2.68. The number of benzene rings is 3. The summed E-state index contributed by atoms with van der Waals surface area (Å²) in [6, 6.07) is 23.0. The predicted octanol–water partition coefficient (Wildman–Crippen LogP) is 4.07. The summed E-state index contributed by atoms with van der Waals surface area (Å²) < 4.78 is 6.13. The summed E-state index contributed by atoms with van der Waals surface area (Å²) in [5, 5.41) is 9.37. The first kappa shape index (κ1) is 12.7. The molecule has 0 fully saturated rings. The van der Waals surface area contributed by atoms with Gasteiger partial charge in [0.05, 0.1) is 30.5 Å². The molecule has 0 amide bonds. The monoisotopic (exact) mass is 300 g/mol. The molecule has 0 saturated heterocycles. The molecule has 0 saturated carbocycles. The van der Waals surface area contributed by atoms with Crippen LogP contribution in [0.25, 0.3) is 10.8 Å². The van der Waals surface area contributed by atoms with Crippen molar-refractivity contribution < 1.29 is 4.74 Å². The molecule has 2 heterocycles. The fourth-order valence-corrected chi connectivity index (χ4v) is 3.50. The van der Waals surface area contributed by atoms with Crippen molar-refractivity contribution in [2.45, 2.75) is 0 Å². The molecular weight excluding hydrogens is 284 g/mol. The van der Waals surface area contributed by atoms with E-state index in [4.69, 9.17) is 9.84 Å². The normalized spacial score (nSPS) is 19.0. The number of para-hydroxylation sites is 1. The van der Waals surface area contributed by atoms with Gasteiger partial charge < -0.3 is 4.74 Å². The quantitative estimate of drug-likeness (QED) is 0.676. The van der Waals surface area contributed by atoms with Gasteiger partial charge in [-0.1, -0.05) is 48.5 Å². The lowest BCUT2D eigenvalue weighted by Crippen LogP contribution is -2.29. The van der Waals surface area contributed by atoms with E-state index in [0.29, 0.717) is 12.5 Å². The van der Waals surface area contributed by atoms with Crippen LogP contribution in [0.15, 0.2) is 71.8 Å². The van der Waals surface area contributed by atoms with Crippen LogP contribution < -0.4 is 9.75 Å². The summed E-state index contributed by atoms with van der Waals surface area (Å²) in [5.74, 6) is 1.32. The van der Waals surface area contributed by atoms with E-state index in [0.717, 1.165) is 29.3 Å². The van der Waals surface area contributed by atoms with Gasteiger partial charge in [0, 0.05) is 10.9 Å². The van der Waals surface area contributed by atoms with Gasteiger partial charge >= 0.3 is 0 Å². The highest BCUT2D eigenvalue weighted by Crippen LogP contribution is 2.38. The first-order valence-electron chi connectivity index (χ1n) is 7.96. The van der Waals surface area contributed by atoms with Crippen LogP contribution >= 0.6 is 0 Å². The first-order valence-corrected chi connectivity index (χ1v) is 7.96. The topological polar surface area (TPSA) is 24.8 Å². The molecule has 0 N–H and O–H groups in total. The van der Waals surface area contributed by atoms with Crippen LogP contribution in [0.2, 0.25) is 0 Å². The van der Waals surface area contributed by atoms with Crippen molar-refractivity contribution >= 4 is 22.2 Å². The molecule has 5 rings (SSSR count). The van der Waals surface area contributed by atoms with Crippen LogP contribution in [0.5, 0.6) is 5.75 Å². The van der Waals surface area contributed by atoms with Crippen molar-refractivity contribution in [3.05, 3.63) is 72.3 Å². The highest BCUT2D eigenvalue weighted by molar-refractivity contribution is 6.11. The summed E-state index contributed by atoms with van der Waals surface area (Å²) in [4.78, 5) is 0. The fraction of sp³-hybridized carbons (Fsp3) is 0.150. The highest BCUT2D eigenvalue weighted by atomic mass is 16.5. The molecule has 3 nitrogen and oxygen atoms in total. The average Bonchev–Trinajstić information content (AvgIpc) is 3.07. The summed E-state index contributed by atoms with van der Waals surface area (Å²) in [6.07, 6.45) is 0. The first-order chi connectivity index (χ1) is 11.4.